The quantitative estimate of drug-likeness (QED) is 0.626. The Hall–Kier alpha value is -2.04. The van der Waals surface area contributed by atoms with Gasteiger partial charge in [-0.2, -0.15) is 0 Å². The summed E-state index contributed by atoms with van der Waals surface area (Å²) in [6.07, 6.45) is 0.812. The molecule has 4 nitrogen and oxygen atoms in total. The molecule has 0 spiro atoms. The van der Waals surface area contributed by atoms with Gasteiger partial charge in [-0.3, -0.25) is 11.3 Å². The second-order valence-electron chi connectivity index (χ2n) is 4.52. The second kappa shape index (κ2) is 6.93. The molecule has 0 saturated carbocycles. The minimum Gasteiger partial charge on any atom is -0.493 e. The molecule has 0 heterocycles. The van der Waals surface area contributed by atoms with Crippen molar-refractivity contribution in [1.29, 1.82) is 0 Å². The van der Waals surface area contributed by atoms with Crippen molar-refractivity contribution in [1.82, 2.24) is 5.43 Å². The van der Waals surface area contributed by atoms with E-state index in [0.29, 0.717) is 11.5 Å². The average Bonchev–Trinajstić information content (AvgIpc) is 2.53. The zero-order valence-electron chi connectivity index (χ0n) is 11.8. The third-order valence-corrected chi connectivity index (χ3v) is 3.29. The molecule has 2 aromatic carbocycles. The fraction of sp³-hybridized carbons (Fsp3) is 0.250. The van der Waals surface area contributed by atoms with Crippen molar-refractivity contribution < 1.29 is 9.47 Å². The van der Waals surface area contributed by atoms with E-state index >= 15 is 0 Å². The lowest BCUT2D eigenvalue weighted by molar-refractivity contribution is 0.353. The van der Waals surface area contributed by atoms with Crippen LogP contribution in [0.15, 0.2) is 48.5 Å². The number of nitrogens with two attached hydrogens (primary N) is 1. The fourth-order valence-electron chi connectivity index (χ4n) is 2.19. The van der Waals surface area contributed by atoms with E-state index in [2.05, 4.69) is 17.6 Å². The summed E-state index contributed by atoms with van der Waals surface area (Å²) >= 11 is 0. The third kappa shape index (κ3) is 3.29. The van der Waals surface area contributed by atoms with Crippen LogP contribution in [0.2, 0.25) is 0 Å². The molecule has 2 aromatic rings. The first-order valence-electron chi connectivity index (χ1n) is 6.50. The summed E-state index contributed by atoms with van der Waals surface area (Å²) in [5.41, 5.74) is 5.15. The van der Waals surface area contributed by atoms with Gasteiger partial charge in [0.05, 0.1) is 20.3 Å². The molecule has 0 radical (unpaired) electrons. The van der Waals surface area contributed by atoms with E-state index in [9.17, 15) is 0 Å². The van der Waals surface area contributed by atoms with E-state index in [1.807, 2.05) is 36.4 Å². The zero-order chi connectivity index (χ0) is 14.4. The number of hydrogen-bond donors (Lipinski definition) is 2. The van der Waals surface area contributed by atoms with Crippen LogP contribution in [0.3, 0.4) is 0 Å². The highest BCUT2D eigenvalue weighted by atomic mass is 16.5. The van der Waals surface area contributed by atoms with Gasteiger partial charge in [-0.05, 0) is 29.7 Å². The van der Waals surface area contributed by atoms with Crippen LogP contribution in [0.4, 0.5) is 0 Å². The molecule has 0 aliphatic heterocycles. The molecule has 0 amide bonds. The Bertz CT molecular complexity index is 543. The minimum absolute atomic E-state index is 0.0252. The van der Waals surface area contributed by atoms with E-state index < -0.39 is 0 Å². The van der Waals surface area contributed by atoms with Crippen LogP contribution in [-0.4, -0.2) is 14.2 Å². The zero-order valence-corrected chi connectivity index (χ0v) is 11.8. The predicted molar refractivity (Wildman–Crippen MR) is 79.8 cm³/mol. The Morgan fingerprint density at radius 3 is 2.30 bits per heavy atom. The monoisotopic (exact) mass is 272 g/mol. The van der Waals surface area contributed by atoms with E-state index in [-0.39, 0.29) is 6.04 Å². The van der Waals surface area contributed by atoms with E-state index in [1.54, 1.807) is 14.2 Å². The second-order valence-corrected chi connectivity index (χ2v) is 4.52. The van der Waals surface area contributed by atoms with E-state index in [1.165, 1.54) is 5.56 Å². The summed E-state index contributed by atoms with van der Waals surface area (Å²) < 4.78 is 10.6. The van der Waals surface area contributed by atoms with Crippen molar-refractivity contribution >= 4 is 0 Å². The standard InChI is InChI=1S/C16H20N2O2/c1-19-15-9-8-13(11-16(15)20-2)14(18-17)10-12-6-4-3-5-7-12/h3-9,11,14,18H,10,17H2,1-2H3. The van der Waals surface area contributed by atoms with Crippen molar-refractivity contribution in [2.75, 3.05) is 14.2 Å². The lowest BCUT2D eigenvalue weighted by atomic mass is 9.99. The molecule has 4 heteroatoms. The van der Waals surface area contributed by atoms with Crippen molar-refractivity contribution in [3.63, 3.8) is 0 Å². The van der Waals surface area contributed by atoms with Crippen molar-refractivity contribution in [2.24, 2.45) is 5.84 Å². The lowest BCUT2D eigenvalue weighted by Gasteiger charge is -2.18. The van der Waals surface area contributed by atoms with Crippen molar-refractivity contribution in [3.05, 3.63) is 59.7 Å². The molecule has 0 fully saturated rings. The third-order valence-electron chi connectivity index (χ3n) is 3.29. The van der Waals surface area contributed by atoms with Crippen LogP contribution in [-0.2, 0) is 6.42 Å². The van der Waals surface area contributed by atoms with Gasteiger partial charge in [-0.1, -0.05) is 36.4 Å². The smallest absolute Gasteiger partial charge is 0.161 e. The van der Waals surface area contributed by atoms with Crippen LogP contribution >= 0.6 is 0 Å². The summed E-state index contributed by atoms with van der Waals surface area (Å²) in [5.74, 6) is 7.11. The topological polar surface area (TPSA) is 56.5 Å². The van der Waals surface area contributed by atoms with Gasteiger partial charge in [0.25, 0.3) is 0 Å². The van der Waals surface area contributed by atoms with Crippen molar-refractivity contribution in [2.45, 2.75) is 12.5 Å². The van der Waals surface area contributed by atoms with Crippen LogP contribution < -0.4 is 20.7 Å². The van der Waals surface area contributed by atoms with Gasteiger partial charge in [0.15, 0.2) is 11.5 Å². The Labute approximate surface area is 119 Å². The van der Waals surface area contributed by atoms with Gasteiger partial charge >= 0.3 is 0 Å². The SMILES string of the molecule is COc1ccc(C(Cc2ccccc2)NN)cc1OC. The average molecular weight is 272 g/mol. The van der Waals surface area contributed by atoms with Crippen LogP contribution in [0.1, 0.15) is 17.2 Å². The molecule has 20 heavy (non-hydrogen) atoms. The largest absolute Gasteiger partial charge is 0.493 e. The molecule has 2 rings (SSSR count). The van der Waals surface area contributed by atoms with Crippen molar-refractivity contribution in [3.8, 4) is 11.5 Å². The summed E-state index contributed by atoms with van der Waals surface area (Å²) in [7, 11) is 3.25. The molecule has 0 aliphatic carbocycles. The number of nitrogens with one attached hydrogen (secondary N) is 1. The van der Waals surface area contributed by atoms with E-state index in [4.69, 9.17) is 15.3 Å². The maximum Gasteiger partial charge on any atom is 0.161 e. The van der Waals surface area contributed by atoms with E-state index in [0.717, 1.165) is 12.0 Å². The summed E-state index contributed by atoms with van der Waals surface area (Å²) in [4.78, 5) is 0. The normalized spacial score (nSPS) is 11.9. The Morgan fingerprint density at radius 2 is 1.70 bits per heavy atom. The maximum absolute atomic E-state index is 5.69. The van der Waals surface area contributed by atoms with Gasteiger partial charge < -0.3 is 9.47 Å². The molecule has 0 saturated heterocycles. The van der Waals surface area contributed by atoms with Gasteiger partial charge in [0, 0.05) is 0 Å². The number of hydrogen-bond acceptors (Lipinski definition) is 4. The number of ether oxygens (including phenoxy) is 2. The Morgan fingerprint density at radius 1 is 1.00 bits per heavy atom. The fourth-order valence-corrected chi connectivity index (χ4v) is 2.19. The van der Waals surface area contributed by atoms with Gasteiger partial charge in [0.2, 0.25) is 0 Å². The van der Waals surface area contributed by atoms with Crippen LogP contribution in [0.5, 0.6) is 11.5 Å². The molecule has 1 atom stereocenters. The van der Waals surface area contributed by atoms with Crippen LogP contribution in [0.25, 0.3) is 0 Å². The molecular formula is C16H20N2O2. The first-order valence-corrected chi connectivity index (χ1v) is 6.50. The lowest BCUT2D eigenvalue weighted by Crippen LogP contribution is -2.29. The highest BCUT2D eigenvalue weighted by Gasteiger charge is 2.13. The highest BCUT2D eigenvalue weighted by molar-refractivity contribution is 5.44. The molecule has 0 bridgehead atoms. The maximum atomic E-state index is 5.69. The molecule has 3 N–H and O–H groups in total. The number of methoxy groups -OCH3 is 2. The molecular weight excluding hydrogens is 252 g/mol. The Kier molecular flexibility index (Phi) is 4.98. The minimum atomic E-state index is 0.0252. The number of rotatable bonds is 6. The first-order chi connectivity index (χ1) is 9.78. The first kappa shape index (κ1) is 14.4. The van der Waals surface area contributed by atoms with Gasteiger partial charge in [-0.15, -0.1) is 0 Å². The van der Waals surface area contributed by atoms with Crippen LogP contribution in [0, 0.1) is 0 Å². The summed E-state index contributed by atoms with van der Waals surface area (Å²) in [6, 6.07) is 16.1. The molecule has 1 unspecified atom stereocenters. The number of benzene rings is 2. The molecule has 0 aromatic heterocycles. The molecule has 0 aliphatic rings. The Balaban J connectivity index is 2.23. The van der Waals surface area contributed by atoms with Gasteiger partial charge in [0.1, 0.15) is 0 Å². The highest BCUT2D eigenvalue weighted by Crippen LogP contribution is 2.30. The van der Waals surface area contributed by atoms with Gasteiger partial charge in [-0.25, -0.2) is 0 Å². The summed E-state index contributed by atoms with van der Waals surface area (Å²) in [6.45, 7) is 0. The predicted octanol–water partition coefficient (Wildman–Crippen LogP) is 2.45. The summed E-state index contributed by atoms with van der Waals surface area (Å²) in [5, 5.41) is 0. The number of hydrazine groups is 1. The molecule has 106 valence electrons.